The van der Waals surface area contributed by atoms with Crippen molar-refractivity contribution in [2.45, 2.75) is 33.1 Å². The Hall–Kier alpha value is -3.06. The smallest absolute Gasteiger partial charge is 0.346 e. The second-order valence-corrected chi connectivity index (χ2v) is 6.90. The third kappa shape index (κ3) is 4.71. The number of carboxylic acid groups (broad SMARTS) is 1. The van der Waals surface area contributed by atoms with Gasteiger partial charge in [-0.05, 0) is 47.7 Å². The molecule has 2 aromatic carbocycles. The number of nitrogens with zero attached hydrogens (tertiary/aromatic N) is 1. The predicted molar refractivity (Wildman–Crippen MR) is 97.6 cm³/mol. The van der Waals surface area contributed by atoms with E-state index in [1.165, 1.54) is 6.08 Å². The van der Waals surface area contributed by atoms with Crippen molar-refractivity contribution in [2.24, 2.45) is 0 Å². The van der Waals surface area contributed by atoms with Crippen LogP contribution in [0.2, 0.25) is 0 Å². The molecule has 4 heteroatoms. The zero-order chi connectivity index (χ0) is 18.6. The number of carboxylic acids is 1. The first-order valence-electron chi connectivity index (χ1n) is 7.95. The van der Waals surface area contributed by atoms with Crippen molar-refractivity contribution in [3.8, 4) is 17.6 Å². The molecule has 0 unspecified atom stereocenters. The van der Waals surface area contributed by atoms with Gasteiger partial charge in [0.25, 0.3) is 0 Å². The van der Waals surface area contributed by atoms with Gasteiger partial charge in [-0.1, -0.05) is 45.0 Å². The minimum atomic E-state index is -1.24. The Morgan fingerprint density at radius 2 is 1.80 bits per heavy atom. The van der Waals surface area contributed by atoms with Crippen molar-refractivity contribution in [3.05, 3.63) is 64.7 Å². The van der Waals surface area contributed by atoms with Crippen molar-refractivity contribution in [2.75, 3.05) is 0 Å². The van der Waals surface area contributed by atoms with E-state index in [0.29, 0.717) is 11.3 Å². The topological polar surface area (TPSA) is 70.3 Å². The van der Waals surface area contributed by atoms with E-state index in [0.717, 1.165) is 16.9 Å². The van der Waals surface area contributed by atoms with E-state index in [4.69, 9.17) is 15.1 Å². The molecule has 0 aliphatic carbocycles. The fourth-order valence-corrected chi connectivity index (χ4v) is 2.40. The second-order valence-electron chi connectivity index (χ2n) is 6.90. The van der Waals surface area contributed by atoms with Gasteiger partial charge < -0.3 is 9.84 Å². The lowest BCUT2D eigenvalue weighted by Crippen LogP contribution is -2.12. The monoisotopic (exact) mass is 335 g/mol. The van der Waals surface area contributed by atoms with Gasteiger partial charge in [0.2, 0.25) is 0 Å². The van der Waals surface area contributed by atoms with E-state index in [1.54, 1.807) is 30.3 Å². The van der Waals surface area contributed by atoms with Gasteiger partial charge >= 0.3 is 5.97 Å². The van der Waals surface area contributed by atoms with Crippen molar-refractivity contribution in [1.29, 1.82) is 5.26 Å². The van der Waals surface area contributed by atoms with Crippen LogP contribution in [0.3, 0.4) is 0 Å². The molecule has 0 aliphatic heterocycles. The molecule has 0 aliphatic rings. The largest absolute Gasteiger partial charge is 0.477 e. The highest BCUT2D eigenvalue weighted by molar-refractivity contribution is 5.96. The molecule has 0 aromatic heterocycles. The van der Waals surface area contributed by atoms with Crippen molar-refractivity contribution >= 4 is 12.0 Å². The quantitative estimate of drug-likeness (QED) is 0.625. The van der Waals surface area contributed by atoms with E-state index in [2.05, 4.69) is 32.9 Å². The highest BCUT2D eigenvalue weighted by Crippen LogP contribution is 2.35. The Kier molecular flexibility index (Phi) is 5.29. The van der Waals surface area contributed by atoms with Crippen LogP contribution in [0.5, 0.6) is 11.5 Å². The van der Waals surface area contributed by atoms with Gasteiger partial charge in [0.15, 0.2) is 0 Å². The summed E-state index contributed by atoms with van der Waals surface area (Å²) in [5.74, 6) is 0.221. The Morgan fingerprint density at radius 1 is 1.16 bits per heavy atom. The van der Waals surface area contributed by atoms with Crippen LogP contribution in [0.25, 0.3) is 6.08 Å². The van der Waals surface area contributed by atoms with E-state index >= 15 is 0 Å². The number of hydrogen-bond donors (Lipinski definition) is 1. The molecular weight excluding hydrogens is 314 g/mol. The molecule has 0 radical (unpaired) electrons. The molecule has 0 spiro atoms. The molecule has 0 atom stereocenters. The molecule has 128 valence electrons. The van der Waals surface area contributed by atoms with Crippen LogP contribution in [0.4, 0.5) is 0 Å². The lowest BCUT2D eigenvalue weighted by molar-refractivity contribution is -0.132. The minimum Gasteiger partial charge on any atom is -0.477 e. The molecular formula is C21H21NO3. The average molecular weight is 335 g/mol. The molecule has 0 saturated heterocycles. The SMILES string of the molecule is Cc1ccc(C(C)(C)C)c(Oc2ccc(C=C(C#N)C(=O)O)cc2)c1. The Bertz CT molecular complexity index is 850. The highest BCUT2D eigenvalue weighted by atomic mass is 16.5. The lowest BCUT2D eigenvalue weighted by Gasteiger charge is -2.23. The summed E-state index contributed by atoms with van der Waals surface area (Å²) < 4.78 is 6.05. The fraction of sp³-hybridized carbons (Fsp3) is 0.238. The summed E-state index contributed by atoms with van der Waals surface area (Å²) in [5, 5.41) is 17.7. The summed E-state index contributed by atoms with van der Waals surface area (Å²) in [7, 11) is 0. The maximum Gasteiger partial charge on any atom is 0.346 e. The number of hydrogen-bond acceptors (Lipinski definition) is 3. The zero-order valence-electron chi connectivity index (χ0n) is 14.8. The van der Waals surface area contributed by atoms with Crippen molar-refractivity contribution < 1.29 is 14.6 Å². The molecule has 1 N–H and O–H groups in total. The van der Waals surface area contributed by atoms with Gasteiger partial charge in [0.05, 0.1) is 0 Å². The maximum absolute atomic E-state index is 10.9. The molecule has 0 bridgehead atoms. The number of benzene rings is 2. The Morgan fingerprint density at radius 3 is 2.32 bits per heavy atom. The zero-order valence-corrected chi connectivity index (χ0v) is 14.8. The third-order valence-electron chi connectivity index (χ3n) is 3.71. The summed E-state index contributed by atoms with van der Waals surface area (Å²) in [5.41, 5.74) is 2.51. The summed E-state index contributed by atoms with van der Waals surface area (Å²) in [6, 6.07) is 14.8. The second kappa shape index (κ2) is 7.23. The number of nitriles is 1. The molecule has 4 nitrogen and oxygen atoms in total. The predicted octanol–water partition coefficient (Wildman–Crippen LogP) is 5.08. The molecule has 0 fully saturated rings. The van der Waals surface area contributed by atoms with Gasteiger partial charge in [-0.15, -0.1) is 0 Å². The normalized spacial score (nSPS) is 11.7. The average Bonchev–Trinajstić information content (AvgIpc) is 2.52. The first-order valence-corrected chi connectivity index (χ1v) is 7.95. The van der Waals surface area contributed by atoms with E-state index < -0.39 is 5.97 Å². The van der Waals surface area contributed by atoms with Gasteiger partial charge in [0.1, 0.15) is 23.1 Å². The van der Waals surface area contributed by atoms with Crippen LogP contribution in [0, 0.1) is 18.3 Å². The lowest BCUT2D eigenvalue weighted by atomic mass is 9.86. The third-order valence-corrected chi connectivity index (χ3v) is 3.71. The van der Waals surface area contributed by atoms with Gasteiger partial charge in [-0.2, -0.15) is 5.26 Å². The van der Waals surface area contributed by atoms with Crippen LogP contribution < -0.4 is 4.74 Å². The number of aliphatic carboxylic acids is 1. The number of ether oxygens (including phenoxy) is 1. The Balaban J connectivity index is 2.30. The molecule has 25 heavy (non-hydrogen) atoms. The molecule has 0 amide bonds. The van der Waals surface area contributed by atoms with Gasteiger partial charge in [0, 0.05) is 5.56 Å². The van der Waals surface area contributed by atoms with Crippen LogP contribution in [-0.4, -0.2) is 11.1 Å². The molecule has 2 rings (SSSR count). The molecule has 0 saturated carbocycles. The summed E-state index contributed by atoms with van der Waals surface area (Å²) in [6.45, 7) is 8.41. The van der Waals surface area contributed by atoms with Crippen molar-refractivity contribution in [3.63, 3.8) is 0 Å². The van der Waals surface area contributed by atoms with Crippen LogP contribution in [0.15, 0.2) is 48.0 Å². The van der Waals surface area contributed by atoms with E-state index in [9.17, 15) is 4.79 Å². The number of carbonyl (C=O) groups is 1. The maximum atomic E-state index is 10.9. The molecule has 2 aromatic rings. The minimum absolute atomic E-state index is 0.0467. The van der Waals surface area contributed by atoms with Crippen LogP contribution >= 0.6 is 0 Å². The summed E-state index contributed by atoms with van der Waals surface area (Å²) in [4.78, 5) is 10.9. The number of aryl methyl sites for hydroxylation is 1. The summed E-state index contributed by atoms with van der Waals surface area (Å²) >= 11 is 0. The van der Waals surface area contributed by atoms with Crippen LogP contribution in [0.1, 0.15) is 37.5 Å². The van der Waals surface area contributed by atoms with E-state index in [-0.39, 0.29) is 11.0 Å². The molecule has 0 heterocycles. The fourth-order valence-electron chi connectivity index (χ4n) is 2.40. The van der Waals surface area contributed by atoms with Gasteiger partial charge in [-0.3, -0.25) is 0 Å². The highest BCUT2D eigenvalue weighted by Gasteiger charge is 2.19. The number of rotatable bonds is 4. The van der Waals surface area contributed by atoms with Crippen molar-refractivity contribution in [1.82, 2.24) is 0 Å². The first kappa shape index (κ1) is 18.3. The van der Waals surface area contributed by atoms with Crippen LogP contribution in [-0.2, 0) is 10.2 Å². The first-order chi connectivity index (χ1) is 11.7. The standard InChI is InChI=1S/C21H21NO3/c1-14-5-10-18(21(2,3)4)19(11-14)25-17-8-6-15(7-9-17)12-16(13-22)20(23)24/h5-12H,1-4H3,(H,23,24). The Labute approximate surface area is 148 Å². The van der Waals surface area contributed by atoms with E-state index in [1.807, 2.05) is 13.0 Å². The summed E-state index contributed by atoms with van der Waals surface area (Å²) in [6.07, 6.45) is 1.33. The van der Waals surface area contributed by atoms with Gasteiger partial charge in [-0.25, -0.2) is 4.79 Å².